The Bertz CT molecular complexity index is 1390. The normalized spacial score (nSPS) is 11.5. The highest BCUT2D eigenvalue weighted by Gasteiger charge is 2.25. The van der Waals surface area contributed by atoms with Crippen molar-refractivity contribution >= 4 is 27.7 Å². The van der Waals surface area contributed by atoms with Crippen LogP contribution in [-0.4, -0.2) is 43.9 Å². The number of pyridine rings is 1. The smallest absolute Gasteiger partial charge is 0.304 e. The van der Waals surface area contributed by atoms with Gasteiger partial charge in [0.25, 0.3) is 5.91 Å². The van der Waals surface area contributed by atoms with Crippen LogP contribution in [0, 0.1) is 11.6 Å². The Balaban J connectivity index is 1.72. The van der Waals surface area contributed by atoms with Crippen LogP contribution in [0.2, 0.25) is 5.02 Å². The molecule has 3 rings (SSSR count). The molecule has 198 valence electrons. The number of nitrogens with zero attached hydrogens (tertiary/aromatic N) is 2. The summed E-state index contributed by atoms with van der Waals surface area (Å²) < 4.78 is 72.8. The lowest BCUT2D eigenvalue weighted by Gasteiger charge is -2.18. The van der Waals surface area contributed by atoms with Gasteiger partial charge in [-0.1, -0.05) is 23.7 Å². The van der Waals surface area contributed by atoms with Gasteiger partial charge in [-0.3, -0.25) is 4.79 Å². The predicted molar refractivity (Wildman–Crippen MR) is 132 cm³/mol. The van der Waals surface area contributed by atoms with E-state index >= 15 is 0 Å². The van der Waals surface area contributed by atoms with E-state index in [1.54, 1.807) is 42.8 Å². The van der Waals surface area contributed by atoms with Crippen molar-refractivity contribution < 1.29 is 36.2 Å². The van der Waals surface area contributed by atoms with Crippen molar-refractivity contribution in [3.05, 3.63) is 76.4 Å². The van der Waals surface area contributed by atoms with E-state index in [0.29, 0.717) is 23.4 Å². The van der Waals surface area contributed by atoms with E-state index in [1.807, 2.05) is 0 Å². The fourth-order valence-electron chi connectivity index (χ4n) is 3.00. The van der Waals surface area contributed by atoms with Crippen LogP contribution < -0.4 is 18.9 Å². The molecule has 0 aliphatic heterocycles. The number of hydrogen-bond acceptors (Lipinski definition) is 7. The molecule has 0 aliphatic rings. The van der Waals surface area contributed by atoms with Crippen molar-refractivity contribution in [2.75, 3.05) is 14.2 Å². The first-order valence-electron chi connectivity index (χ1n) is 10.8. The van der Waals surface area contributed by atoms with Crippen LogP contribution in [-0.2, 0) is 16.8 Å². The molecule has 1 amide bonds. The quantitative estimate of drug-likeness (QED) is 0.386. The Hall–Kier alpha value is -3.48. The number of methoxy groups -OCH3 is 1. The first kappa shape index (κ1) is 28.1. The van der Waals surface area contributed by atoms with Crippen LogP contribution >= 0.6 is 11.6 Å². The topological polar surface area (TPSA) is 107 Å². The van der Waals surface area contributed by atoms with E-state index < -0.39 is 39.1 Å². The summed E-state index contributed by atoms with van der Waals surface area (Å²) in [5.74, 6) is -3.53. The van der Waals surface area contributed by atoms with Gasteiger partial charge in [0, 0.05) is 25.7 Å². The van der Waals surface area contributed by atoms with Gasteiger partial charge < -0.3 is 14.2 Å². The lowest BCUT2D eigenvalue weighted by atomic mass is 10.2. The molecule has 0 atom stereocenters. The van der Waals surface area contributed by atoms with Gasteiger partial charge in [0.2, 0.25) is 5.88 Å². The van der Waals surface area contributed by atoms with Crippen molar-refractivity contribution in [3.8, 4) is 23.1 Å². The molecule has 37 heavy (non-hydrogen) atoms. The van der Waals surface area contributed by atoms with Crippen molar-refractivity contribution in [2.24, 2.45) is 0 Å². The van der Waals surface area contributed by atoms with E-state index in [1.165, 1.54) is 26.4 Å². The molecule has 13 heteroatoms. The molecule has 0 bridgehead atoms. The van der Waals surface area contributed by atoms with E-state index in [2.05, 4.69) is 4.98 Å². The Morgan fingerprint density at radius 1 is 1.11 bits per heavy atom. The second-order valence-electron chi connectivity index (χ2n) is 8.03. The molecule has 2 aromatic carbocycles. The van der Waals surface area contributed by atoms with Gasteiger partial charge in [0.1, 0.15) is 22.3 Å². The molecule has 9 nitrogen and oxygen atoms in total. The minimum Gasteiger partial charge on any atom is -0.497 e. The lowest BCUT2D eigenvalue weighted by molar-refractivity contribution is 0.0974. The molecular weight excluding hydrogens is 532 g/mol. The maximum atomic E-state index is 14.7. The number of nitrogens with one attached hydrogen (secondary N) is 1. The number of hydrogen-bond donors (Lipinski definition) is 1. The second-order valence-corrected chi connectivity index (χ2v) is 10.2. The molecular formula is C24H24ClF2N3O6S. The SMILES string of the molecule is COc1ccc(CN(C)S(=O)(=O)NC(=O)c2cc(F)c(Oc3cnc(OC(C)C)c(Cl)c3)cc2F)cc1. The third-order valence-corrected chi connectivity index (χ3v) is 6.48. The summed E-state index contributed by atoms with van der Waals surface area (Å²) in [6.45, 7) is 3.47. The first-order valence-corrected chi connectivity index (χ1v) is 12.6. The highest BCUT2D eigenvalue weighted by molar-refractivity contribution is 7.87. The molecule has 1 heterocycles. The van der Waals surface area contributed by atoms with Crippen molar-refractivity contribution in [3.63, 3.8) is 0 Å². The Labute approximate surface area is 218 Å². The predicted octanol–water partition coefficient (Wildman–Crippen LogP) is 4.71. The summed E-state index contributed by atoms with van der Waals surface area (Å²) in [6, 6.07) is 9.04. The molecule has 3 aromatic rings. The zero-order valence-electron chi connectivity index (χ0n) is 20.3. The number of ether oxygens (including phenoxy) is 3. The van der Waals surface area contributed by atoms with Gasteiger partial charge >= 0.3 is 10.2 Å². The zero-order valence-corrected chi connectivity index (χ0v) is 21.9. The summed E-state index contributed by atoms with van der Waals surface area (Å²) in [5, 5.41) is 0.0899. The molecule has 0 aliphatic carbocycles. The van der Waals surface area contributed by atoms with E-state index in [-0.39, 0.29) is 29.3 Å². The standard InChI is InChI=1S/C24H24ClF2N3O6S/c1-14(2)35-24-19(25)9-17(12-28-24)36-22-11-20(26)18(10-21(22)27)23(31)29-37(32,33)30(3)13-15-5-7-16(34-4)8-6-15/h5-12,14H,13H2,1-4H3,(H,29,31). The van der Waals surface area contributed by atoms with Crippen molar-refractivity contribution in [2.45, 2.75) is 26.5 Å². The largest absolute Gasteiger partial charge is 0.497 e. The van der Waals surface area contributed by atoms with E-state index in [0.717, 1.165) is 4.31 Å². The maximum Gasteiger partial charge on any atom is 0.304 e. The van der Waals surface area contributed by atoms with Crippen LogP contribution in [0.5, 0.6) is 23.1 Å². The average molecular weight is 556 g/mol. The summed E-state index contributed by atoms with van der Waals surface area (Å²) in [4.78, 5) is 16.5. The minimum atomic E-state index is -4.38. The van der Waals surface area contributed by atoms with Gasteiger partial charge in [0.05, 0.1) is 25.0 Å². The first-order chi connectivity index (χ1) is 17.4. The van der Waals surface area contributed by atoms with Crippen molar-refractivity contribution in [1.29, 1.82) is 0 Å². The number of benzene rings is 2. The summed E-state index contributed by atoms with van der Waals surface area (Å²) in [5.41, 5.74) is -0.221. The molecule has 0 radical (unpaired) electrons. The third-order valence-electron chi connectivity index (χ3n) is 4.82. The molecule has 1 N–H and O–H groups in total. The van der Waals surface area contributed by atoms with Crippen LogP contribution in [0.1, 0.15) is 29.8 Å². The average Bonchev–Trinajstić information content (AvgIpc) is 2.82. The molecule has 0 unspecified atom stereocenters. The Kier molecular flexibility index (Phi) is 8.89. The summed E-state index contributed by atoms with van der Waals surface area (Å²) in [6.07, 6.45) is 1.01. The lowest BCUT2D eigenvalue weighted by Crippen LogP contribution is -2.41. The van der Waals surface area contributed by atoms with Crippen LogP contribution in [0.4, 0.5) is 8.78 Å². The Morgan fingerprint density at radius 2 is 1.78 bits per heavy atom. The van der Waals surface area contributed by atoms with Gasteiger partial charge in [-0.25, -0.2) is 18.5 Å². The molecule has 1 aromatic heterocycles. The fraction of sp³-hybridized carbons (Fsp3) is 0.250. The van der Waals surface area contributed by atoms with Gasteiger partial charge in [0.15, 0.2) is 11.6 Å². The monoisotopic (exact) mass is 555 g/mol. The highest BCUT2D eigenvalue weighted by Crippen LogP contribution is 2.31. The number of carbonyl (C=O) groups is 1. The highest BCUT2D eigenvalue weighted by atomic mass is 35.5. The maximum absolute atomic E-state index is 14.7. The van der Waals surface area contributed by atoms with Gasteiger partial charge in [-0.05, 0) is 37.6 Å². The molecule has 0 saturated heterocycles. The van der Waals surface area contributed by atoms with Gasteiger partial charge in [-0.15, -0.1) is 0 Å². The van der Waals surface area contributed by atoms with E-state index in [4.69, 9.17) is 25.8 Å². The Morgan fingerprint density at radius 3 is 2.38 bits per heavy atom. The number of rotatable bonds is 10. The molecule has 0 fully saturated rings. The van der Waals surface area contributed by atoms with Crippen LogP contribution in [0.3, 0.4) is 0 Å². The van der Waals surface area contributed by atoms with E-state index in [9.17, 15) is 22.0 Å². The number of amides is 1. The summed E-state index contributed by atoms with van der Waals surface area (Å²) in [7, 11) is -1.66. The molecule has 0 spiro atoms. The third kappa shape index (κ3) is 7.28. The second kappa shape index (κ2) is 11.7. The van der Waals surface area contributed by atoms with Gasteiger partial charge in [-0.2, -0.15) is 12.7 Å². The zero-order chi connectivity index (χ0) is 27.3. The summed E-state index contributed by atoms with van der Waals surface area (Å²) >= 11 is 6.07. The number of aromatic nitrogens is 1. The van der Waals surface area contributed by atoms with Crippen LogP contribution in [0.15, 0.2) is 48.7 Å². The van der Waals surface area contributed by atoms with Crippen LogP contribution in [0.25, 0.3) is 0 Å². The minimum absolute atomic E-state index is 0.0145. The van der Waals surface area contributed by atoms with Crippen molar-refractivity contribution in [1.82, 2.24) is 14.0 Å². The fourth-order valence-corrected chi connectivity index (χ4v) is 4.02. The molecule has 0 saturated carbocycles. The number of halogens is 3. The number of carbonyl (C=O) groups excluding carboxylic acids is 1.